The second-order valence-corrected chi connectivity index (χ2v) is 10.9. The third kappa shape index (κ3) is 7.29. The first-order valence-corrected chi connectivity index (χ1v) is 14.0. The van der Waals surface area contributed by atoms with Crippen molar-refractivity contribution >= 4 is 24.5 Å². The van der Waals surface area contributed by atoms with Crippen LogP contribution in [0, 0.1) is 6.92 Å². The average Bonchev–Trinajstić information content (AvgIpc) is 3.32. The molecule has 4 aromatic rings. The van der Waals surface area contributed by atoms with Crippen LogP contribution in [0.1, 0.15) is 18.1 Å². The Labute approximate surface area is 221 Å². The summed E-state index contributed by atoms with van der Waals surface area (Å²) in [7, 11) is -1.79. The van der Waals surface area contributed by atoms with E-state index in [0.717, 1.165) is 16.9 Å². The Morgan fingerprint density at radius 1 is 1.13 bits per heavy atom. The third-order valence-corrected chi connectivity index (χ3v) is 7.41. The molecule has 2 atom stereocenters. The van der Waals surface area contributed by atoms with Gasteiger partial charge in [0.25, 0.3) is 0 Å². The molecule has 2 aromatic carbocycles. The number of nitrogens with one attached hydrogen (secondary N) is 1. The lowest BCUT2D eigenvalue weighted by Gasteiger charge is -2.23. The molecule has 0 amide bonds. The van der Waals surface area contributed by atoms with Gasteiger partial charge in [-0.2, -0.15) is 0 Å². The number of benzene rings is 2. The molecule has 0 aliphatic rings. The number of nitrogens with zero attached hydrogens (tertiary/aromatic N) is 4. The maximum atomic E-state index is 13.7. The highest BCUT2D eigenvalue weighted by molar-refractivity contribution is 7.57. The van der Waals surface area contributed by atoms with Crippen LogP contribution >= 0.6 is 7.52 Å². The number of nitrogen functional groups attached to an aromatic ring is 1. The number of nitrogens with two attached hydrogens (primary N) is 1. The van der Waals surface area contributed by atoms with E-state index in [1.54, 1.807) is 25.6 Å². The Kier molecular flexibility index (Phi) is 9.30. The molecule has 0 spiro atoms. The summed E-state index contributed by atoms with van der Waals surface area (Å²) in [5.74, 6) is 1.58. The molecule has 0 saturated carbocycles. The molecule has 3 N–H and O–H groups in total. The predicted molar refractivity (Wildman–Crippen MR) is 145 cm³/mol. The number of hydrogen-bond acceptors (Lipinski definition) is 9. The van der Waals surface area contributed by atoms with E-state index >= 15 is 0 Å². The van der Waals surface area contributed by atoms with Gasteiger partial charge in [-0.25, -0.2) is 20.0 Å². The van der Waals surface area contributed by atoms with E-state index < -0.39 is 7.52 Å². The first-order valence-electron chi connectivity index (χ1n) is 12.2. The number of hydrogen-bond donors (Lipinski definition) is 2. The SMILES string of the molecule is COc1cc(C)ccc1COCCNP(=O)(CO[C@H](C)Cn1cnc2c(N)ncnc21)Oc1ccccc1. The number of para-hydroxylation sites is 1. The second-order valence-electron chi connectivity index (χ2n) is 8.79. The molecule has 12 heteroatoms. The molecule has 1 unspecified atom stereocenters. The molecule has 0 bridgehead atoms. The number of rotatable bonds is 14. The van der Waals surface area contributed by atoms with Crippen LogP contribution in [0.3, 0.4) is 0 Å². The smallest absolute Gasteiger partial charge is 0.342 e. The number of aryl methyl sites for hydroxylation is 1. The van der Waals surface area contributed by atoms with Crippen LogP contribution in [0.5, 0.6) is 11.5 Å². The summed E-state index contributed by atoms with van der Waals surface area (Å²) >= 11 is 0. The summed E-state index contributed by atoms with van der Waals surface area (Å²) < 4.78 is 38.6. The lowest BCUT2D eigenvalue weighted by Crippen LogP contribution is -2.25. The number of fused-ring (bicyclic) bond motifs is 1. The fourth-order valence-corrected chi connectivity index (χ4v) is 5.34. The summed E-state index contributed by atoms with van der Waals surface area (Å²) in [6, 6.07) is 14.9. The van der Waals surface area contributed by atoms with Gasteiger partial charge in [-0.1, -0.05) is 30.3 Å². The van der Waals surface area contributed by atoms with Gasteiger partial charge in [0.1, 0.15) is 29.7 Å². The molecule has 38 heavy (non-hydrogen) atoms. The standard InChI is InChI=1S/C26H33N6O5P/c1-19-9-10-21(23(13-19)34-3)15-35-12-11-31-38(33,37-22-7-5-4-6-8-22)18-36-20(2)14-32-17-30-24-25(27)28-16-29-26(24)32/h4-10,13,16-17,20H,11-12,14-15,18H2,1-3H3,(H,31,33)(H2,27,28,29)/t20-,38?/m1/s1. The zero-order valence-electron chi connectivity index (χ0n) is 21.7. The van der Waals surface area contributed by atoms with Crippen molar-refractivity contribution in [1.82, 2.24) is 24.6 Å². The number of anilines is 1. The molecule has 0 aliphatic heterocycles. The number of imidazole rings is 1. The zero-order chi connectivity index (χ0) is 27.0. The minimum Gasteiger partial charge on any atom is -0.496 e. The maximum Gasteiger partial charge on any atom is 0.342 e. The van der Waals surface area contributed by atoms with Gasteiger partial charge in [0.15, 0.2) is 11.5 Å². The largest absolute Gasteiger partial charge is 0.496 e. The van der Waals surface area contributed by atoms with Gasteiger partial charge < -0.3 is 29.0 Å². The van der Waals surface area contributed by atoms with Crippen LogP contribution in [0.4, 0.5) is 5.82 Å². The molecule has 0 saturated heterocycles. The number of aromatic nitrogens is 4. The molecule has 2 heterocycles. The van der Waals surface area contributed by atoms with Crippen molar-refractivity contribution in [2.75, 3.05) is 32.3 Å². The van der Waals surface area contributed by atoms with Gasteiger partial charge in [-0.05, 0) is 37.6 Å². The minimum absolute atomic E-state index is 0.140. The molecule has 2 aromatic heterocycles. The highest BCUT2D eigenvalue weighted by Gasteiger charge is 2.26. The van der Waals surface area contributed by atoms with E-state index in [-0.39, 0.29) is 12.5 Å². The van der Waals surface area contributed by atoms with Crippen molar-refractivity contribution in [1.29, 1.82) is 0 Å². The van der Waals surface area contributed by atoms with Crippen molar-refractivity contribution in [3.05, 3.63) is 72.3 Å². The van der Waals surface area contributed by atoms with E-state index in [9.17, 15) is 4.57 Å². The Balaban J connectivity index is 1.33. The Morgan fingerprint density at radius 2 is 1.95 bits per heavy atom. The van der Waals surface area contributed by atoms with Gasteiger partial charge in [-0.3, -0.25) is 4.57 Å². The first kappa shape index (κ1) is 27.5. The fourth-order valence-electron chi connectivity index (χ4n) is 3.78. The minimum atomic E-state index is -3.42. The lowest BCUT2D eigenvalue weighted by molar-refractivity contribution is 0.0815. The zero-order valence-corrected chi connectivity index (χ0v) is 22.6. The highest BCUT2D eigenvalue weighted by Crippen LogP contribution is 2.43. The van der Waals surface area contributed by atoms with Gasteiger partial charge in [-0.15, -0.1) is 0 Å². The van der Waals surface area contributed by atoms with Crippen molar-refractivity contribution in [2.45, 2.75) is 33.1 Å². The van der Waals surface area contributed by atoms with Crippen LogP contribution in [0.2, 0.25) is 0 Å². The van der Waals surface area contributed by atoms with Crippen LogP contribution < -0.4 is 20.1 Å². The molecular formula is C26H33N6O5P. The molecule has 0 fully saturated rings. The summed E-state index contributed by atoms with van der Waals surface area (Å²) in [5, 5.41) is 3.02. The van der Waals surface area contributed by atoms with E-state index in [1.807, 2.05) is 54.8 Å². The van der Waals surface area contributed by atoms with Crippen molar-refractivity contribution in [2.24, 2.45) is 0 Å². The predicted octanol–water partition coefficient (Wildman–Crippen LogP) is 4.17. The summed E-state index contributed by atoms with van der Waals surface area (Å²) in [6.45, 7) is 5.30. The first-order chi connectivity index (χ1) is 18.4. The average molecular weight is 541 g/mol. The van der Waals surface area contributed by atoms with E-state index in [2.05, 4.69) is 20.0 Å². The second kappa shape index (κ2) is 12.8. The molecule has 0 aliphatic carbocycles. The topological polar surface area (TPSA) is 136 Å². The Hall–Kier alpha value is -3.50. The summed E-state index contributed by atoms with van der Waals surface area (Å²) in [5.41, 5.74) is 9.07. The van der Waals surface area contributed by atoms with Crippen molar-refractivity contribution in [3.63, 3.8) is 0 Å². The van der Waals surface area contributed by atoms with Gasteiger partial charge in [0.05, 0.1) is 39.3 Å². The number of ether oxygens (including phenoxy) is 3. The quantitative estimate of drug-likeness (QED) is 0.177. The fraction of sp³-hybridized carbons (Fsp3) is 0.346. The van der Waals surface area contributed by atoms with Gasteiger partial charge in [0, 0.05) is 12.1 Å². The highest BCUT2D eigenvalue weighted by atomic mass is 31.2. The normalized spacial score (nSPS) is 13.8. The summed E-state index contributed by atoms with van der Waals surface area (Å²) in [4.78, 5) is 12.5. The molecule has 0 radical (unpaired) electrons. The molecular weight excluding hydrogens is 507 g/mol. The van der Waals surface area contributed by atoms with Crippen molar-refractivity contribution in [3.8, 4) is 11.5 Å². The molecule has 4 rings (SSSR count). The third-order valence-electron chi connectivity index (χ3n) is 5.71. The van der Waals surface area contributed by atoms with E-state index in [1.165, 1.54) is 6.33 Å². The Morgan fingerprint density at radius 3 is 2.74 bits per heavy atom. The summed E-state index contributed by atoms with van der Waals surface area (Å²) in [6.07, 6.45) is 2.57. The lowest BCUT2D eigenvalue weighted by atomic mass is 10.1. The number of methoxy groups -OCH3 is 1. The molecule has 11 nitrogen and oxygen atoms in total. The maximum absolute atomic E-state index is 13.7. The van der Waals surface area contributed by atoms with Crippen LogP contribution in [0.25, 0.3) is 11.2 Å². The van der Waals surface area contributed by atoms with Crippen LogP contribution in [-0.4, -0.2) is 52.2 Å². The van der Waals surface area contributed by atoms with Gasteiger partial charge in [0.2, 0.25) is 0 Å². The van der Waals surface area contributed by atoms with E-state index in [0.29, 0.717) is 49.0 Å². The van der Waals surface area contributed by atoms with Crippen LogP contribution in [0.15, 0.2) is 61.2 Å². The van der Waals surface area contributed by atoms with E-state index in [4.69, 9.17) is 24.5 Å². The molecule has 202 valence electrons. The van der Waals surface area contributed by atoms with Crippen molar-refractivity contribution < 1.29 is 23.3 Å². The van der Waals surface area contributed by atoms with Gasteiger partial charge >= 0.3 is 7.52 Å². The van der Waals surface area contributed by atoms with Crippen LogP contribution in [-0.2, 0) is 27.2 Å². The Bertz CT molecular complexity index is 1380. The monoisotopic (exact) mass is 540 g/mol.